The molecule has 37 heavy (non-hydrogen) atoms. The summed E-state index contributed by atoms with van der Waals surface area (Å²) in [5.41, 5.74) is 1.35. The maximum atomic E-state index is 6.15. The van der Waals surface area contributed by atoms with Gasteiger partial charge in [0.2, 0.25) is 11.8 Å². The molecule has 2 fully saturated rings. The molecule has 194 valence electrons. The molecule has 5 rings (SSSR count). The van der Waals surface area contributed by atoms with Gasteiger partial charge >= 0.3 is 0 Å². The first-order valence-electron chi connectivity index (χ1n) is 13.2. The second-order valence-electron chi connectivity index (χ2n) is 10.1. The first-order chi connectivity index (χ1) is 18.0. The minimum atomic E-state index is 0.0455. The van der Waals surface area contributed by atoms with Crippen LogP contribution in [-0.2, 0) is 5.41 Å². The van der Waals surface area contributed by atoms with Crippen LogP contribution in [-0.4, -0.2) is 34.2 Å². The first-order valence-corrected chi connectivity index (χ1v) is 14.0. The Labute approximate surface area is 229 Å². The Morgan fingerprint density at radius 3 is 2.54 bits per heavy atom. The number of nitrogens with one attached hydrogen (secondary N) is 2. The molecule has 1 saturated heterocycles. The first kappa shape index (κ1) is 25.7. The zero-order chi connectivity index (χ0) is 25.7. The molecule has 2 aliphatic rings. The molecule has 3 aromatic rings. The molecule has 2 N–H and O–H groups in total. The number of para-hydroxylation sites is 1. The maximum Gasteiger partial charge on any atom is 0.234 e. The fraction of sp³-hybridized carbons (Fsp3) is 0.414. The maximum absolute atomic E-state index is 6.15. The summed E-state index contributed by atoms with van der Waals surface area (Å²) in [5, 5.41) is 7.96. The molecule has 1 aliphatic carbocycles. The molecule has 2 aromatic carbocycles. The van der Waals surface area contributed by atoms with Crippen molar-refractivity contribution < 1.29 is 4.74 Å². The minimum Gasteiger partial charge on any atom is -0.439 e. The summed E-state index contributed by atoms with van der Waals surface area (Å²) >= 11 is 11.9. The Morgan fingerprint density at radius 1 is 1.05 bits per heavy atom. The number of aromatic nitrogens is 2. The van der Waals surface area contributed by atoms with Gasteiger partial charge < -0.3 is 20.3 Å². The number of benzene rings is 2. The van der Waals surface area contributed by atoms with E-state index in [1.54, 1.807) is 0 Å². The predicted octanol–water partition coefficient (Wildman–Crippen LogP) is 7.10. The van der Waals surface area contributed by atoms with Crippen LogP contribution in [0.25, 0.3) is 0 Å². The van der Waals surface area contributed by atoms with E-state index in [-0.39, 0.29) is 5.41 Å². The summed E-state index contributed by atoms with van der Waals surface area (Å²) in [6.45, 7) is 3.96. The van der Waals surface area contributed by atoms with Gasteiger partial charge in [-0.05, 0) is 81.1 Å². The Balaban J connectivity index is 1.33. The highest BCUT2D eigenvalue weighted by atomic mass is 35.5. The van der Waals surface area contributed by atoms with Gasteiger partial charge in [0.1, 0.15) is 11.6 Å². The number of thiocarbonyl (C=S) groups is 1. The minimum absolute atomic E-state index is 0.0455. The number of hydrogen-bond acceptors (Lipinski definition) is 5. The molecule has 1 saturated carbocycles. The molecule has 0 bridgehead atoms. The van der Waals surface area contributed by atoms with Gasteiger partial charge in [0.15, 0.2) is 5.11 Å². The summed E-state index contributed by atoms with van der Waals surface area (Å²) in [6.07, 6.45) is 8.21. The highest BCUT2D eigenvalue weighted by Crippen LogP contribution is 2.41. The molecule has 0 radical (unpaired) electrons. The molecule has 1 aromatic heterocycles. The van der Waals surface area contributed by atoms with E-state index in [0.717, 1.165) is 55.4 Å². The standard InChI is InChI=1S/C29H34ClN5OS/c1-21-9-5-8-18-35(21)25-19-26(36-24-10-3-2-4-11-24)33-27(32-25)34-28(37)31-20-29(16-6-7-17-29)22-12-14-23(30)15-13-22/h2-4,10-15,19,21H,5-9,16-18,20H2,1H3,(H2,31,32,33,34,37)/t21-/m1/s1. The molecule has 1 atom stereocenters. The molecular weight excluding hydrogens is 502 g/mol. The zero-order valence-corrected chi connectivity index (χ0v) is 22.8. The van der Waals surface area contributed by atoms with E-state index < -0.39 is 0 Å². The molecule has 0 spiro atoms. The highest BCUT2D eigenvalue weighted by molar-refractivity contribution is 7.80. The van der Waals surface area contributed by atoms with Crippen LogP contribution in [0.2, 0.25) is 5.02 Å². The van der Waals surface area contributed by atoms with E-state index in [1.807, 2.05) is 48.5 Å². The van der Waals surface area contributed by atoms with Crippen LogP contribution < -0.4 is 20.3 Å². The Morgan fingerprint density at radius 2 is 1.81 bits per heavy atom. The number of ether oxygens (including phenoxy) is 1. The molecule has 6 nitrogen and oxygen atoms in total. The summed E-state index contributed by atoms with van der Waals surface area (Å²) < 4.78 is 6.10. The monoisotopic (exact) mass is 535 g/mol. The van der Waals surface area contributed by atoms with Crippen LogP contribution in [0.4, 0.5) is 11.8 Å². The lowest BCUT2D eigenvalue weighted by Gasteiger charge is -2.34. The van der Waals surface area contributed by atoms with Gasteiger partial charge in [-0.1, -0.05) is 54.8 Å². The van der Waals surface area contributed by atoms with Crippen LogP contribution in [0, 0.1) is 0 Å². The van der Waals surface area contributed by atoms with Gasteiger partial charge in [0, 0.05) is 35.6 Å². The van der Waals surface area contributed by atoms with Crippen molar-refractivity contribution in [2.45, 2.75) is 63.3 Å². The predicted molar refractivity (Wildman–Crippen MR) is 155 cm³/mol. The van der Waals surface area contributed by atoms with E-state index >= 15 is 0 Å². The lowest BCUT2D eigenvalue weighted by atomic mass is 9.79. The van der Waals surface area contributed by atoms with Gasteiger partial charge in [0.25, 0.3) is 0 Å². The largest absolute Gasteiger partial charge is 0.439 e. The third-order valence-electron chi connectivity index (χ3n) is 7.58. The summed E-state index contributed by atoms with van der Waals surface area (Å²) in [7, 11) is 0. The van der Waals surface area contributed by atoms with E-state index in [9.17, 15) is 0 Å². The average Bonchev–Trinajstić information content (AvgIpc) is 3.39. The van der Waals surface area contributed by atoms with E-state index in [1.165, 1.54) is 24.8 Å². The van der Waals surface area contributed by atoms with E-state index in [4.69, 9.17) is 33.5 Å². The number of nitrogens with zero attached hydrogens (tertiary/aromatic N) is 3. The van der Waals surface area contributed by atoms with Gasteiger partial charge in [0.05, 0.1) is 0 Å². The Bertz CT molecular complexity index is 1200. The summed E-state index contributed by atoms with van der Waals surface area (Å²) in [5.74, 6) is 2.52. The van der Waals surface area contributed by atoms with Crippen LogP contribution in [0.15, 0.2) is 60.7 Å². The fourth-order valence-electron chi connectivity index (χ4n) is 5.53. The van der Waals surface area contributed by atoms with Crippen LogP contribution in [0.5, 0.6) is 11.6 Å². The second-order valence-corrected chi connectivity index (χ2v) is 11.0. The lowest BCUT2D eigenvalue weighted by molar-refractivity contribution is 0.435. The topological polar surface area (TPSA) is 62.3 Å². The van der Waals surface area contributed by atoms with Crippen molar-refractivity contribution in [2.75, 3.05) is 23.3 Å². The SMILES string of the molecule is C[C@@H]1CCCCN1c1cc(Oc2ccccc2)nc(NC(=S)NCC2(c3ccc(Cl)cc3)CCCC2)n1. The zero-order valence-electron chi connectivity index (χ0n) is 21.3. The fourth-order valence-corrected chi connectivity index (χ4v) is 5.82. The summed E-state index contributed by atoms with van der Waals surface area (Å²) in [6, 6.07) is 20.3. The smallest absolute Gasteiger partial charge is 0.234 e. The Hall–Kier alpha value is -2.90. The van der Waals surface area contributed by atoms with Crippen molar-refractivity contribution in [3.05, 3.63) is 71.2 Å². The van der Waals surface area contributed by atoms with Gasteiger partial charge in [-0.3, -0.25) is 0 Å². The molecule has 0 unspecified atom stereocenters. The average molecular weight is 536 g/mol. The molecule has 0 amide bonds. The number of piperidine rings is 1. The van der Waals surface area contributed by atoms with Crippen molar-refractivity contribution >= 4 is 40.7 Å². The van der Waals surface area contributed by atoms with Gasteiger partial charge in [-0.15, -0.1) is 0 Å². The third-order valence-corrected chi connectivity index (χ3v) is 8.08. The van der Waals surface area contributed by atoms with Crippen molar-refractivity contribution in [2.24, 2.45) is 0 Å². The van der Waals surface area contributed by atoms with Crippen molar-refractivity contribution in [1.29, 1.82) is 0 Å². The quantitative estimate of drug-likeness (QED) is 0.313. The van der Waals surface area contributed by atoms with E-state index in [0.29, 0.717) is 23.0 Å². The number of hydrogen-bond donors (Lipinski definition) is 2. The van der Waals surface area contributed by atoms with Gasteiger partial charge in [-0.2, -0.15) is 9.97 Å². The van der Waals surface area contributed by atoms with Crippen LogP contribution in [0.3, 0.4) is 0 Å². The van der Waals surface area contributed by atoms with Crippen LogP contribution in [0.1, 0.15) is 57.4 Å². The molecule has 1 aliphatic heterocycles. The number of halogens is 1. The number of rotatable bonds is 7. The van der Waals surface area contributed by atoms with Crippen molar-refractivity contribution in [3.63, 3.8) is 0 Å². The van der Waals surface area contributed by atoms with E-state index in [2.05, 4.69) is 39.6 Å². The summed E-state index contributed by atoms with van der Waals surface area (Å²) in [4.78, 5) is 11.8. The second kappa shape index (κ2) is 11.7. The molecule has 8 heteroatoms. The normalized spacial score (nSPS) is 18.9. The molecule has 2 heterocycles. The van der Waals surface area contributed by atoms with Gasteiger partial charge in [-0.25, -0.2) is 0 Å². The molecular formula is C29H34ClN5OS. The number of anilines is 2. The van der Waals surface area contributed by atoms with Crippen LogP contribution >= 0.6 is 23.8 Å². The third kappa shape index (κ3) is 6.33. The highest BCUT2D eigenvalue weighted by Gasteiger charge is 2.35. The van der Waals surface area contributed by atoms with Crippen molar-refractivity contribution in [3.8, 4) is 11.6 Å². The van der Waals surface area contributed by atoms with Crippen molar-refractivity contribution in [1.82, 2.24) is 15.3 Å². The Kier molecular flexibility index (Phi) is 8.11. The lowest BCUT2D eigenvalue weighted by Crippen LogP contribution is -2.41.